The van der Waals surface area contributed by atoms with Crippen molar-refractivity contribution in [2.45, 2.75) is 0 Å². The van der Waals surface area contributed by atoms with Gasteiger partial charge in [0.15, 0.2) is 0 Å². The minimum absolute atomic E-state index is 1.21. The molecule has 0 saturated carbocycles. The molecule has 0 aliphatic rings. The van der Waals surface area contributed by atoms with E-state index < -0.39 is 0 Å². The lowest BCUT2D eigenvalue weighted by molar-refractivity contribution is 1.37. The molecule has 0 atom stereocenters. The van der Waals surface area contributed by atoms with Gasteiger partial charge in [-0.05, 0) is 116 Å². The van der Waals surface area contributed by atoms with Crippen LogP contribution < -0.4 is 0 Å². The van der Waals surface area contributed by atoms with Crippen LogP contribution in [0, 0.1) is 0 Å². The van der Waals surface area contributed by atoms with Gasteiger partial charge in [0, 0.05) is 43.1 Å². The Morgan fingerprint density at radius 1 is 0.177 bits per heavy atom. The van der Waals surface area contributed by atoms with Crippen molar-refractivity contribution in [1.29, 1.82) is 0 Å². The minimum atomic E-state index is 1.21. The molecule has 4 heterocycles. The van der Waals surface area contributed by atoms with Gasteiger partial charge >= 0.3 is 0 Å². The highest BCUT2D eigenvalue weighted by atomic mass is 14.9. The van der Waals surface area contributed by atoms with E-state index >= 15 is 0 Å². The van der Waals surface area contributed by atoms with Gasteiger partial charge in [-0.3, -0.25) is 0 Å². The van der Waals surface area contributed by atoms with Gasteiger partial charge in [-0.25, -0.2) is 0 Å². The van der Waals surface area contributed by atoms with Crippen LogP contribution in [0.2, 0.25) is 0 Å². The van der Waals surface area contributed by atoms with Crippen LogP contribution in [-0.4, -0.2) is 8.80 Å². The first-order valence-electron chi connectivity index (χ1n) is 21.5. The highest BCUT2D eigenvalue weighted by Crippen LogP contribution is 2.45. The van der Waals surface area contributed by atoms with Gasteiger partial charge in [-0.2, -0.15) is 0 Å². The lowest BCUT2D eigenvalue weighted by atomic mass is 9.94. The third-order valence-corrected chi connectivity index (χ3v) is 13.6. The topological polar surface area (TPSA) is 8.82 Å². The maximum atomic E-state index is 2.49. The van der Waals surface area contributed by atoms with E-state index in [-0.39, 0.29) is 0 Å². The first kappa shape index (κ1) is 33.6. The van der Waals surface area contributed by atoms with Gasteiger partial charge in [0.1, 0.15) is 0 Å². The number of nitrogens with zero attached hydrogens (tertiary/aromatic N) is 2. The maximum absolute atomic E-state index is 2.49. The third kappa shape index (κ3) is 4.75. The summed E-state index contributed by atoms with van der Waals surface area (Å²) in [7, 11) is 0. The Morgan fingerprint density at radius 3 is 1.11 bits per heavy atom. The molecule has 62 heavy (non-hydrogen) atoms. The standard InChI is InChI=1S/C60H36N2/c1-2-11-37(12-3-1)38-23-25-39(26-24-38)40-13-8-14-41(31-40)42-15-9-16-43(32-42)46-35-53-48-18-5-7-22-56(48)62-58-30-28-45(34-52(58)54(36-46)60(53)62)44-27-29-57-51(33-44)50-20-10-19-49-47-17-4-6-21-55(47)61(57)59(49)50/h1-36H. The predicted molar refractivity (Wildman–Crippen MR) is 263 cm³/mol. The number of benzene rings is 10. The van der Waals surface area contributed by atoms with Gasteiger partial charge in [0.05, 0.1) is 33.1 Å². The minimum Gasteiger partial charge on any atom is -0.308 e. The van der Waals surface area contributed by atoms with E-state index in [9.17, 15) is 0 Å². The normalized spacial score (nSPS) is 12.2. The zero-order valence-electron chi connectivity index (χ0n) is 33.7. The average molecular weight is 785 g/mol. The quantitative estimate of drug-likeness (QED) is 0.164. The van der Waals surface area contributed by atoms with Crippen LogP contribution in [-0.2, 0) is 0 Å². The summed E-state index contributed by atoms with van der Waals surface area (Å²) in [5.41, 5.74) is 19.8. The van der Waals surface area contributed by atoms with E-state index in [0.29, 0.717) is 0 Å². The number of para-hydroxylation sites is 3. The SMILES string of the molecule is c1ccc(-c2ccc(-c3cccc(-c4cccc(-c5cc6c7ccccc7n7c8ccc(-c9ccc%10c(c9)c9cccc%11c%12ccccc%12n%10c%119)cc8c(c5)c67)c4)c3)cc2)cc1. The summed E-state index contributed by atoms with van der Waals surface area (Å²) in [4.78, 5) is 0. The molecule has 0 N–H and O–H groups in total. The molecule has 0 fully saturated rings. The van der Waals surface area contributed by atoms with E-state index in [1.54, 1.807) is 0 Å². The molecule has 2 heteroatoms. The Balaban J connectivity index is 0.899. The lowest BCUT2D eigenvalue weighted by Gasteiger charge is -2.10. The van der Waals surface area contributed by atoms with Crippen LogP contribution >= 0.6 is 0 Å². The molecule has 0 amide bonds. The summed E-state index contributed by atoms with van der Waals surface area (Å²) in [6.07, 6.45) is 0. The third-order valence-electron chi connectivity index (χ3n) is 13.6. The van der Waals surface area contributed by atoms with Crippen LogP contribution in [0.1, 0.15) is 0 Å². The summed E-state index contributed by atoms with van der Waals surface area (Å²) in [6, 6.07) is 80.9. The lowest BCUT2D eigenvalue weighted by Crippen LogP contribution is -1.85. The van der Waals surface area contributed by atoms with Crippen LogP contribution in [0.15, 0.2) is 218 Å². The molecule has 0 unspecified atom stereocenters. The van der Waals surface area contributed by atoms with Crippen molar-refractivity contribution in [2.24, 2.45) is 0 Å². The van der Waals surface area contributed by atoms with E-state index in [1.807, 2.05) is 0 Å². The monoisotopic (exact) mass is 784 g/mol. The van der Waals surface area contributed by atoms with Gasteiger partial charge in [-0.15, -0.1) is 0 Å². The molecule has 0 saturated heterocycles. The molecule has 286 valence electrons. The molecule has 0 aliphatic heterocycles. The number of hydrogen-bond acceptors (Lipinski definition) is 0. The van der Waals surface area contributed by atoms with Crippen LogP contribution in [0.5, 0.6) is 0 Å². The summed E-state index contributed by atoms with van der Waals surface area (Å²) in [5.74, 6) is 0. The molecule has 0 aliphatic carbocycles. The first-order valence-corrected chi connectivity index (χ1v) is 21.5. The number of fused-ring (bicyclic) bond motifs is 12. The molecule has 14 aromatic rings. The Morgan fingerprint density at radius 2 is 0.500 bits per heavy atom. The smallest absolute Gasteiger partial charge is 0.0620 e. The average Bonchev–Trinajstić information content (AvgIpc) is 4.08. The zero-order valence-corrected chi connectivity index (χ0v) is 33.7. The van der Waals surface area contributed by atoms with Crippen LogP contribution in [0.25, 0.3) is 132 Å². The van der Waals surface area contributed by atoms with Crippen molar-refractivity contribution < 1.29 is 0 Å². The Hall–Kier alpha value is -8.20. The van der Waals surface area contributed by atoms with E-state index in [2.05, 4.69) is 227 Å². The Kier molecular flexibility index (Phi) is 6.86. The molecule has 0 radical (unpaired) electrons. The number of hydrogen-bond donors (Lipinski definition) is 0. The largest absolute Gasteiger partial charge is 0.308 e. The van der Waals surface area contributed by atoms with Crippen molar-refractivity contribution in [3.8, 4) is 55.6 Å². The molecule has 10 aromatic carbocycles. The number of rotatable bonds is 5. The molecule has 14 rings (SSSR count). The second-order valence-corrected chi connectivity index (χ2v) is 16.9. The summed E-state index contributed by atoms with van der Waals surface area (Å²) in [5, 5.41) is 10.4. The Bertz CT molecular complexity index is 4070. The van der Waals surface area contributed by atoms with Crippen molar-refractivity contribution >= 4 is 76.2 Å². The molecular weight excluding hydrogens is 749 g/mol. The molecule has 2 nitrogen and oxygen atoms in total. The summed E-state index contributed by atoms with van der Waals surface area (Å²) in [6.45, 7) is 0. The van der Waals surface area contributed by atoms with Crippen molar-refractivity contribution in [3.63, 3.8) is 0 Å². The summed E-state index contributed by atoms with van der Waals surface area (Å²) < 4.78 is 4.94. The van der Waals surface area contributed by atoms with Crippen molar-refractivity contribution in [2.75, 3.05) is 0 Å². The zero-order chi connectivity index (χ0) is 40.5. The molecule has 4 aromatic heterocycles. The fourth-order valence-corrected chi connectivity index (χ4v) is 10.7. The van der Waals surface area contributed by atoms with E-state index in [0.717, 1.165) is 0 Å². The van der Waals surface area contributed by atoms with Gasteiger partial charge in [0.2, 0.25) is 0 Å². The fraction of sp³-hybridized carbons (Fsp3) is 0. The second kappa shape index (κ2) is 12.7. The van der Waals surface area contributed by atoms with Gasteiger partial charge < -0.3 is 8.80 Å². The highest BCUT2D eigenvalue weighted by Gasteiger charge is 2.21. The van der Waals surface area contributed by atoms with Gasteiger partial charge in [-0.1, -0.05) is 158 Å². The maximum Gasteiger partial charge on any atom is 0.0620 e. The van der Waals surface area contributed by atoms with Crippen molar-refractivity contribution in [3.05, 3.63) is 218 Å². The predicted octanol–water partition coefficient (Wildman–Crippen LogP) is 16.3. The highest BCUT2D eigenvalue weighted by molar-refractivity contribution is 6.26. The fourth-order valence-electron chi connectivity index (χ4n) is 10.7. The first-order chi connectivity index (χ1) is 30.7. The van der Waals surface area contributed by atoms with Crippen LogP contribution in [0.4, 0.5) is 0 Å². The molecular formula is C60H36N2. The molecule has 0 spiro atoms. The van der Waals surface area contributed by atoms with Crippen molar-refractivity contribution in [1.82, 2.24) is 8.80 Å². The van der Waals surface area contributed by atoms with E-state index in [4.69, 9.17) is 0 Å². The second-order valence-electron chi connectivity index (χ2n) is 16.9. The van der Waals surface area contributed by atoms with Gasteiger partial charge in [0.25, 0.3) is 0 Å². The Labute approximate surface area is 357 Å². The van der Waals surface area contributed by atoms with E-state index in [1.165, 1.54) is 132 Å². The summed E-state index contributed by atoms with van der Waals surface area (Å²) >= 11 is 0. The van der Waals surface area contributed by atoms with Crippen LogP contribution in [0.3, 0.4) is 0 Å². The molecule has 0 bridgehead atoms. The number of aromatic nitrogens is 2.